The first-order valence-electron chi connectivity index (χ1n) is 6.25. The summed E-state index contributed by atoms with van der Waals surface area (Å²) in [6, 6.07) is 10.1. The lowest BCUT2D eigenvalue weighted by Crippen LogP contribution is -2.19. The Morgan fingerprint density at radius 3 is 2.70 bits per heavy atom. The average molecular weight is 338 g/mol. The molecule has 5 heteroatoms. The molecule has 0 aliphatic carbocycles. The molecule has 1 N–H and O–H groups in total. The molecule has 2 rings (SSSR count). The number of methoxy groups -OCH3 is 1. The largest absolute Gasteiger partial charge is 0.463 e. The van der Waals surface area contributed by atoms with Crippen LogP contribution in [0.3, 0.4) is 0 Å². The maximum atomic E-state index is 11.5. The van der Waals surface area contributed by atoms with Crippen LogP contribution in [0.25, 0.3) is 0 Å². The van der Waals surface area contributed by atoms with E-state index in [4.69, 9.17) is 4.42 Å². The van der Waals surface area contributed by atoms with E-state index in [1.54, 1.807) is 6.07 Å². The van der Waals surface area contributed by atoms with Crippen LogP contribution in [0.1, 0.15) is 34.6 Å². The van der Waals surface area contributed by atoms with Crippen molar-refractivity contribution in [3.63, 3.8) is 0 Å². The fourth-order valence-corrected chi connectivity index (χ4v) is 2.14. The van der Waals surface area contributed by atoms with Crippen LogP contribution in [-0.2, 0) is 11.3 Å². The summed E-state index contributed by atoms with van der Waals surface area (Å²) in [6.45, 7) is 2.61. The summed E-state index contributed by atoms with van der Waals surface area (Å²) in [7, 11) is 1.34. The number of carbonyl (C=O) groups is 1. The highest BCUT2D eigenvalue weighted by Crippen LogP contribution is 2.18. The Bertz CT molecular complexity index is 577. The van der Waals surface area contributed by atoms with Gasteiger partial charge in [0.15, 0.2) is 0 Å². The van der Waals surface area contributed by atoms with Crippen LogP contribution in [-0.4, -0.2) is 13.1 Å². The molecule has 20 heavy (non-hydrogen) atoms. The Hall–Kier alpha value is -1.59. The van der Waals surface area contributed by atoms with E-state index in [1.807, 2.05) is 12.1 Å². The van der Waals surface area contributed by atoms with E-state index in [1.165, 1.54) is 18.9 Å². The number of nitrogens with one attached hydrogen (secondary N) is 1. The third-order valence-corrected chi connectivity index (χ3v) is 3.61. The van der Waals surface area contributed by atoms with Crippen LogP contribution in [0.15, 0.2) is 45.5 Å². The number of carbonyl (C=O) groups excluding carboxylic acids is 1. The van der Waals surface area contributed by atoms with Gasteiger partial charge in [0.05, 0.1) is 13.4 Å². The van der Waals surface area contributed by atoms with Crippen LogP contribution in [0, 0.1) is 0 Å². The van der Waals surface area contributed by atoms with Gasteiger partial charge in [0.1, 0.15) is 0 Å². The lowest BCUT2D eigenvalue weighted by molar-refractivity contribution is 0.0563. The normalized spacial score (nSPS) is 12.2. The number of benzene rings is 1. The minimum absolute atomic E-state index is 0.170. The highest BCUT2D eigenvalue weighted by Gasteiger charge is 2.16. The van der Waals surface area contributed by atoms with Crippen LogP contribution >= 0.6 is 15.9 Å². The van der Waals surface area contributed by atoms with Crippen molar-refractivity contribution in [1.29, 1.82) is 0 Å². The van der Waals surface area contributed by atoms with Crippen molar-refractivity contribution in [2.24, 2.45) is 0 Å². The molecule has 1 atom stereocenters. The Labute approximate surface area is 126 Å². The van der Waals surface area contributed by atoms with Gasteiger partial charge in [-0.3, -0.25) is 0 Å². The van der Waals surface area contributed by atoms with Gasteiger partial charge in [0.2, 0.25) is 5.76 Å². The number of halogens is 1. The highest BCUT2D eigenvalue weighted by molar-refractivity contribution is 9.10. The number of rotatable bonds is 5. The third-order valence-electron chi connectivity index (χ3n) is 3.09. The molecule has 0 saturated carbocycles. The summed E-state index contributed by atoms with van der Waals surface area (Å²) in [5.41, 5.74) is 1.97. The molecule has 0 aliphatic heterocycles. The summed E-state index contributed by atoms with van der Waals surface area (Å²) >= 11 is 3.41. The maximum absolute atomic E-state index is 11.5. The van der Waals surface area contributed by atoms with E-state index >= 15 is 0 Å². The van der Waals surface area contributed by atoms with Gasteiger partial charge in [-0.05, 0) is 30.7 Å². The smallest absolute Gasteiger partial charge is 0.374 e. The molecule has 0 saturated heterocycles. The topological polar surface area (TPSA) is 51.5 Å². The average Bonchev–Trinajstić information content (AvgIpc) is 2.93. The van der Waals surface area contributed by atoms with E-state index in [-0.39, 0.29) is 11.8 Å². The summed E-state index contributed by atoms with van der Waals surface area (Å²) < 4.78 is 10.9. The fraction of sp³-hybridized carbons (Fsp3) is 0.267. The molecule has 0 bridgehead atoms. The van der Waals surface area contributed by atoms with E-state index in [0.717, 1.165) is 10.0 Å². The Kier molecular flexibility index (Phi) is 4.98. The van der Waals surface area contributed by atoms with Crippen LogP contribution in [0.4, 0.5) is 0 Å². The third kappa shape index (κ3) is 3.49. The molecule has 1 heterocycles. The first-order valence-corrected chi connectivity index (χ1v) is 7.04. The van der Waals surface area contributed by atoms with Gasteiger partial charge in [0, 0.05) is 22.6 Å². The molecular formula is C15H16BrNO3. The molecule has 0 amide bonds. The molecule has 2 aromatic rings. The summed E-state index contributed by atoms with van der Waals surface area (Å²) in [5.74, 6) is -0.203. The lowest BCUT2D eigenvalue weighted by Gasteiger charge is -2.14. The number of hydrogen-bond acceptors (Lipinski definition) is 4. The van der Waals surface area contributed by atoms with E-state index in [0.29, 0.717) is 6.54 Å². The van der Waals surface area contributed by atoms with Gasteiger partial charge in [-0.1, -0.05) is 28.1 Å². The van der Waals surface area contributed by atoms with Crippen molar-refractivity contribution in [2.45, 2.75) is 19.5 Å². The maximum Gasteiger partial charge on any atom is 0.374 e. The van der Waals surface area contributed by atoms with E-state index in [9.17, 15) is 4.79 Å². The quantitative estimate of drug-likeness (QED) is 0.845. The zero-order valence-corrected chi connectivity index (χ0v) is 12.9. The molecule has 1 aromatic heterocycles. The second-order valence-electron chi connectivity index (χ2n) is 4.42. The van der Waals surface area contributed by atoms with Gasteiger partial charge in [-0.2, -0.15) is 0 Å². The predicted octanol–water partition coefficient (Wildman–Crippen LogP) is 3.68. The second-order valence-corrected chi connectivity index (χ2v) is 5.34. The summed E-state index contributed by atoms with van der Waals surface area (Å²) in [4.78, 5) is 11.5. The lowest BCUT2D eigenvalue weighted by atomic mass is 10.1. The standard InChI is InChI=1S/C15H16BrNO3/c1-10(11-3-5-13(16)6-4-11)17-9-12-7-8-20-14(12)15(18)19-2/h3-8,10,17H,9H2,1-2H3. The zero-order valence-electron chi connectivity index (χ0n) is 11.4. The molecule has 0 fully saturated rings. The van der Waals surface area contributed by atoms with Gasteiger partial charge in [0.25, 0.3) is 0 Å². The number of furan rings is 1. The minimum atomic E-state index is -0.455. The van der Waals surface area contributed by atoms with Gasteiger partial charge in [-0.25, -0.2) is 4.79 Å². The van der Waals surface area contributed by atoms with Crippen molar-refractivity contribution < 1.29 is 13.9 Å². The van der Waals surface area contributed by atoms with Crippen molar-refractivity contribution in [1.82, 2.24) is 5.32 Å². The predicted molar refractivity (Wildman–Crippen MR) is 79.4 cm³/mol. The van der Waals surface area contributed by atoms with Gasteiger partial charge in [-0.15, -0.1) is 0 Å². The number of ether oxygens (including phenoxy) is 1. The van der Waals surface area contributed by atoms with Crippen LogP contribution in [0.5, 0.6) is 0 Å². The second kappa shape index (κ2) is 6.72. The van der Waals surface area contributed by atoms with Gasteiger partial charge >= 0.3 is 5.97 Å². The zero-order chi connectivity index (χ0) is 14.5. The van der Waals surface area contributed by atoms with E-state index < -0.39 is 5.97 Å². The first-order chi connectivity index (χ1) is 9.61. The molecule has 1 aromatic carbocycles. The SMILES string of the molecule is COC(=O)c1occc1CNC(C)c1ccc(Br)cc1. The van der Waals surface area contributed by atoms with Crippen molar-refractivity contribution in [3.05, 3.63) is 58.0 Å². The molecule has 0 spiro atoms. The molecular weight excluding hydrogens is 322 g/mol. The highest BCUT2D eigenvalue weighted by atomic mass is 79.9. The van der Waals surface area contributed by atoms with E-state index in [2.05, 4.69) is 45.0 Å². The van der Waals surface area contributed by atoms with Crippen LogP contribution < -0.4 is 5.32 Å². The summed E-state index contributed by atoms with van der Waals surface area (Å²) in [5, 5.41) is 3.36. The monoisotopic (exact) mass is 337 g/mol. The van der Waals surface area contributed by atoms with Crippen molar-refractivity contribution in [2.75, 3.05) is 7.11 Å². The van der Waals surface area contributed by atoms with Crippen molar-refractivity contribution in [3.8, 4) is 0 Å². The first kappa shape index (κ1) is 14.8. The van der Waals surface area contributed by atoms with Gasteiger partial charge < -0.3 is 14.5 Å². The van der Waals surface area contributed by atoms with Crippen LogP contribution in [0.2, 0.25) is 0 Å². The Morgan fingerprint density at radius 2 is 2.05 bits per heavy atom. The molecule has 4 nitrogen and oxygen atoms in total. The molecule has 1 unspecified atom stereocenters. The fourth-order valence-electron chi connectivity index (χ4n) is 1.88. The molecule has 0 radical (unpaired) electrons. The summed E-state index contributed by atoms with van der Waals surface area (Å²) in [6.07, 6.45) is 1.49. The Morgan fingerprint density at radius 1 is 1.35 bits per heavy atom. The van der Waals surface area contributed by atoms with Crippen molar-refractivity contribution >= 4 is 21.9 Å². The minimum Gasteiger partial charge on any atom is -0.463 e. The molecule has 0 aliphatic rings. The molecule has 106 valence electrons. The number of hydrogen-bond donors (Lipinski definition) is 1. The number of esters is 1. The Balaban J connectivity index is 2.00.